The highest BCUT2D eigenvalue weighted by atomic mass is 32.2. The Morgan fingerprint density at radius 1 is 1.28 bits per heavy atom. The van der Waals surface area contributed by atoms with Crippen molar-refractivity contribution in [1.82, 2.24) is 19.5 Å². The molecule has 1 aliphatic rings. The number of nitrogens with one attached hydrogen (secondary N) is 1. The second-order valence-corrected chi connectivity index (χ2v) is 7.69. The van der Waals surface area contributed by atoms with Crippen LogP contribution in [0.2, 0.25) is 0 Å². The van der Waals surface area contributed by atoms with Crippen LogP contribution in [0.25, 0.3) is 11.6 Å². The predicted molar refractivity (Wildman–Crippen MR) is 91.3 cm³/mol. The van der Waals surface area contributed by atoms with Crippen LogP contribution in [0.3, 0.4) is 0 Å². The number of rotatable bonds is 3. The lowest BCUT2D eigenvalue weighted by atomic mass is 10.1. The van der Waals surface area contributed by atoms with Gasteiger partial charge in [-0.15, -0.1) is 5.10 Å². The second kappa shape index (κ2) is 5.82. The van der Waals surface area contributed by atoms with Gasteiger partial charge in [-0.3, -0.25) is 0 Å². The maximum absolute atomic E-state index is 12.5. The van der Waals surface area contributed by atoms with Crippen molar-refractivity contribution in [3.63, 3.8) is 0 Å². The smallest absolute Gasteiger partial charge is 0.241 e. The quantitative estimate of drug-likeness (QED) is 0.777. The van der Waals surface area contributed by atoms with Gasteiger partial charge >= 0.3 is 0 Å². The molecule has 4 rings (SSSR count). The molecule has 0 radical (unpaired) electrons. The SMILES string of the molecule is CCn1nc(-c2ccc(C)o2)nc1[C@@H]1Cc2ccccc2S(=O)(=O)N1. The molecule has 0 spiro atoms. The number of sulfonamides is 1. The molecule has 0 unspecified atom stereocenters. The maximum atomic E-state index is 12.5. The number of benzene rings is 1. The fraction of sp³-hybridized carbons (Fsp3) is 0.294. The van der Waals surface area contributed by atoms with Gasteiger partial charge in [-0.1, -0.05) is 18.2 Å². The molecular weight excluding hydrogens is 340 g/mol. The van der Waals surface area contributed by atoms with E-state index in [2.05, 4.69) is 14.8 Å². The molecule has 3 heterocycles. The van der Waals surface area contributed by atoms with Crippen LogP contribution in [-0.2, 0) is 23.0 Å². The van der Waals surface area contributed by atoms with Gasteiger partial charge in [0.05, 0.1) is 10.9 Å². The van der Waals surface area contributed by atoms with Crippen LogP contribution in [0.4, 0.5) is 0 Å². The zero-order chi connectivity index (χ0) is 17.6. The predicted octanol–water partition coefficient (Wildman–Crippen LogP) is 2.44. The molecule has 1 aromatic carbocycles. The molecule has 130 valence electrons. The van der Waals surface area contributed by atoms with Crippen molar-refractivity contribution in [2.75, 3.05) is 0 Å². The van der Waals surface area contributed by atoms with Crippen molar-refractivity contribution < 1.29 is 12.8 Å². The Morgan fingerprint density at radius 2 is 2.08 bits per heavy atom. The van der Waals surface area contributed by atoms with E-state index in [1.54, 1.807) is 16.8 Å². The molecule has 0 saturated heterocycles. The molecule has 0 amide bonds. The third-order valence-electron chi connectivity index (χ3n) is 4.26. The molecule has 1 atom stereocenters. The summed E-state index contributed by atoms with van der Waals surface area (Å²) in [6.45, 7) is 4.38. The molecule has 0 aliphatic carbocycles. The number of fused-ring (bicyclic) bond motifs is 1. The summed E-state index contributed by atoms with van der Waals surface area (Å²) in [6.07, 6.45) is 0.532. The van der Waals surface area contributed by atoms with Gasteiger partial charge in [0.1, 0.15) is 11.6 Å². The summed E-state index contributed by atoms with van der Waals surface area (Å²) in [5.41, 5.74) is 0.785. The average molecular weight is 358 g/mol. The Kier molecular flexibility index (Phi) is 3.73. The fourth-order valence-electron chi connectivity index (χ4n) is 3.09. The van der Waals surface area contributed by atoms with Crippen LogP contribution in [0.1, 0.15) is 30.1 Å². The summed E-state index contributed by atoms with van der Waals surface area (Å²) in [6, 6.07) is 10.2. The van der Waals surface area contributed by atoms with E-state index < -0.39 is 16.1 Å². The van der Waals surface area contributed by atoms with Crippen molar-refractivity contribution in [2.24, 2.45) is 0 Å². The van der Waals surface area contributed by atoms with E-state index in [1.165, 1.54) is 0 Å². The molecule has 1 aliphatic heterocycles. The molecule has 25 heavy (non-hydrogen) atoms. The fourth-order valence-corrected chi connectivity index (χ4v) is 4.54. The van der Waals surface area contributed by atoms with Crippen molar-refractivity contribution in [2.45, 2.75) is 37.8 Å². The summed E-state index contributed by atoms with van der Waals surface area (Å²) in [4.78, 5) is 4.89. The standard InChI is InChI=1S/C17H18N4O3S/c1-3-21-17(18-16(19-21)14-9-8-11(2)24-14)13-10-12-6-4-5-7-15(12)25(22,23)20-13/h4-9,13,20H,3,10H2,1-2H3/t13-/m0/s1. The lowest BCUT2D eigenvalue weighted by molar-refractivity contribution is 0.494. The largest absolute Gasteiger partial charge is 0.458 e. The highest BCUT2D eigenvalue weighted by Crippen LogP contribution is 2.30. The number of nitrogens with zero attached hydrogens (tertiary/aromatic N) is 3. The van der Waals surface area contributed by atoms with Crippen molar-refractivity contribution in [3.8, 4) is 11.6 Å². The minimum atomic E-state index is -3.57. The van der Waals surface area contributed by atoms with E-state index in [9.17, 15) is 8.42 Å². The summed E-state index contributed by atoms with van der Waals surface area (Å²) in [5.74, 6) is 2.40. The zero-order valence-corrected chi connectivity index (χ0v) is 14.7. The highest BCUT2D eigenvalue weighted by Gasteiger charge is 2.33. The number of hydrogen-bond acceptors (Lipinski definition) is 5. The molecule has 3 aromatic rings. The molecule has 0 fully saturated rings. The minimum absolute atomic E-state index is 0.329. The third kappa shape index (κ3) is 2.77. The number of aromatic nitrogens is 3. The second-order valence-electron chi connectivity index (χ2n) is 6.01. The van der Waals surface area contributed by atoms with Gasteiger partial charge in [0, 0.05) is 6.54 Å². The first-order valence-electron chi connectivity index (χ1n) is 8.09. The van der Waals surface area contributed by atoms with E-state index >= 15 is 0 Å². The van der Waals surface area contributed by atoms with Gasteiger partial charge < -0.3 is 4.42 Å². The first kappa shape index (κ1) is 16.0. The van der Waals surface area contributed by atoms with Crippen LogP contribution in [0.15, 0.2) is 45.7 Å². The van der Waals surface area contributed by atoms with E-state index in [4.69, 9.17) is 4.42 Å². The molecule has 0 saturated carbocycles. The maximum Gasteiger partial charge on any atom is 0.241 e. The van der Waals surface area contributed by atoms with Gasteiger partial charge in [0.15, 0.2) is 5.76 Å². The van der Waals surface area contributed by atoms with Gasteiger partial charge in [-0.25, -0.2) is 22.8 Å². The molecule has 8 heteroatoms. The van der Waals surface area contributed by atoms with Crippen LogP contribution in [-0.4, -0.2) is 23.2 Å². The van der Waals surface area contributed by atoms with Gasteiger partial charge in [0.2, 0.25) is 15.8 Å². The molecule has 1 N–H and O–H groups in total. The number of furan rings is 1. The Balaban J connectivity index is 1.77. The number of hydrogen-bond donors (Lipinski definition) is 1. The average Bonchev–Trinajstić information content (AvgIpc) is 3.20. The first-order valence-corrected chi connectivity index (χ1v) is 9.58. The van der Waals surface area contributed by atoms with Crippen LogP contribution >= 0.6 is 0 Å². The molecular formula is C17H18N4O3S. The van der Waals surface area contributed by atoms with Gasteiger partial charge in [-0.05, 0) is 44.0 Å². The van der Waals surface area contributed by atoms with Gasteiger partial charge in [0.25, 0.3) is 0 Å². The Labute approximate surface area is 145 Å². The first-order chi connectivity index (χ1) is 12.0. The highest BCUT2D eigenvalue weighted by molar-refractivity contribution is 7.89. The summed E-state index contributed by atoms with van der Waals surface area (Å²) >= 11 is 0. The molecule has 0 bridgehead atoms. The lowest BCUT2D eigenvalue weighted by Gasteiger charge is -2.25. The topological polar surface area (TPSA) is 90.0 Å². The Hall–Kier alpha value is -2.45. The monoisotopic (exact) mass is 358 g/mol. The van der Waals surface area contributed by atoms with E-state index in [0.717, 1.165) is 11.3 Å². The normalized spacial score (nSPS) is 18.9. The van der Waals surface area contributed by atoms with E-state index in [0.29, 0.717) is 35.3 Å². The number of aryl methyl sites for hydroxylation is 2. The van der Waals surface area contributed by atoms with Crippen molar-refractivity contribution in [1.29, 1.82) is 0 Å². The molecule has 2 aromatic heterocycles. The zero-order valence-electron chi connectivity index (χ0n) is 13.9. The van der Waals surface area contributed by atoms with E-state index in [-0.39, 0.29) is 0 Å². The Bertz CT molecular complexity index is 1040. The Morgan fingerprint density at radius 3 is 2.80 bits per heavy atom. The summed E-state index contributed by atoms with van der Waals surface area (Å²) in [5, 5.41) is 4.47. The summed E-state index contributed by atoms with van der Waals surface area (Å²) in [7, 11) is -3.57. The lowest BCUT2D eigenvalue weighted by Crippen LogP contribution is -2.36. The van der Waals surface area contributed by atoms with Crippen LogP contribution in [0.5, 0.6) is 0 Å². The van der Waals surface area contributed by atoms with Crippen molar-refractivity contribution in [3.05, 3.63) is 53.5 Å². The van der Waals surface area contributed by atoms with Crippen LogP contribution < -0.4 is 4.72 Å². The van der Waals surface area contributed by atoms with Gasteiger partial charge in [-0.2, -0.15) is 0 Å². The van der Waals surface area contributed by atoms with E-state index in [1.807, 2.05) is 38.1 Å². The minimum Gasteiger partial charge on any atom is -0.458 e. The van der Waals surface area contributed by atoms with Crippen molar-refractivity contribution >= 4 is 10.0 Å². The third-order valence-corrected chi connectivity index (χ3v) is 5.83. The van der Waals surface area contributed by atoms with Crippen LogP contribution in [0, 0.1) is 6.92 Å². The molecule has 7 nitrogen and oxygen atoms in total. The summed E-state index contributed by atoms with van der Waals surface area (Å²) < 4.78 is 35.1.